The number of hydrogen-bond acceptors (Lipinski definition) is 3. The van der Waals surface area contributed by atoms with E-state index < -0.39 is 5.82 Å². The van der Waals surface area contributed by atoms with E-state index in [4.69, 9.17) is 4.74 Å². The SMILES string of the molecule is COc1c(F)cccc1ONC=O. The number of amides is 1. The van der Waals surface area contributed by atoms with Gasteiger partial charge in [-0.1, -0.05) is 6.07 Å². The number of halogens is 1. The highest BCUT2D eigenvalue weighted by atomic mass is 19.1. The first-order valence-corrected chi connectivity index (χ1v) is 3.48. The lowest BCUT2D eigenvalue weighted by atomic mass is 10.3. The molecule has 13 heavy (non-hydrogen) atoms. The molecule has 1 aromatic carbocycles. The first kappa shape index (κ1) is 9.31. The number of para-hydroxylation sites is 1. The summed E-state index contributed by atoms with van der Waals surface area (Å²) in [5.41, 5.74) is 1.94. The van der Waals surface area contributed by atoms with Crippen LogP contribution in [0.3, 0.4) is 0 Å². The Labute approximate surface area is 74.2 Å². The summed E-state index contributed by atoms with van der Waals surface area (Å²) in [6.07, 6.45) is 0.338. The molecule has 0 heterocycles. The van der Waals surface area contributed by atoms with E-state index in [1.807, 2.05) is 5.48 Å². The second-order valence-corrected chi connectivity index (χ2v) is 2.11. The van der Waals surface area contributed by atoms with Crippen LogP contribution in [0.25, 0.3) is 0 Å². The van der Waals surface area contributed by atoms with Crippen molar-refractivity contribution < 1.29 is 18.8 Å². The van der Waals surface area contributed by atoms with E-state index in [2.05, 4.69) is 4.84 Å². The van der Waals surface area contributed by atoms with Crippen molar-refractivity contribution in [1.82, 2.24) is 5.48 Å². The van der Waals surface area contributed by atoms with Gasteiger partial charge in [0.1, 0.15) is 0 Å². The van der Waals surface area contributed by atoms with Crippen LogP contribution in [0.5, 0.6) is 11.5 Å². The molecule has 1 aromatic rings. The zero-order valence-electron chi connectivity index (χ0n) is 6.91. The normalized spacial score (nSPS) is 9.08. The zero-order chi connectivity index (χ0) is 9.68. The van der Waals surface area contributed by atoms with Crippen molar-refractivity contribution in [3.63, 3.8) is 0 Å². The Morgan fingerprint density at radius 2 is 2.31 bits per heavy atom. The fourth-order valence-electron chi connectivity index (χ4n) is 0.855. The minimum atomic E-state index is -0.548. The maximum Gasteiger partial charge on any atom is 0.239 e. The van der Waals surface area contributed by atoms with Crippen LogP contribution in [0.1, 0.15) is 0 Å². The van der Waals surface area contributed by atoms with Crippen LogP contribution < -0.4 is 15.1 Å². The molecular formula is C8H8FNO3. The van der Waals surface area contributed by atoms with Crippen LogP contribution in [-0.2, 0) is 4.79 Å². The molecule has 1 N–H and O–H groups in total. The van der Waals surface area contributed by atoms with E-state index in [0.717, 1.165) is 0 Å². The summed E-state index contributed by atoms with van der Waals surface area (Å²) in [6, 6.07) is 4.14. The monoisotopic (exact) mass is 185 g/mol. The summed E-state index contributed by atoms with van der Waals surface area (Å²) >= 11 is 0. The highest BCUT2D eigenvalue weighted by molar-refractivity contribution is 5.46. The van der Waals surface area contributed by atoms with Crippen LogP contribution in [0.2, 0.25) is 0 Å². The maximum absolute atomic E-state index is 13.0. The fraction of sp³-hybridized carbons (Fsp3) is 0.125. The van der Waals surface area contributed by atoms with Gasteiger partial charge < -0.3 is 9.57 Å². The van der Waals surface area contributed by atoms with Gasteiger partial charge in [-0.15, -0.1) is 0 Å². The van der Waals surface area contributed by atoms with Gasteiger partial charge in [0, 0.05) is 0 Å². The van der Waals surface area contributed by atoms with Gasteiger partial charge in [0.2, 0.25) is 6.41 Å². The average molecular weight is 185 g/mol. The number of nitrogens with one attached hydrogen (secondary N) is 1. The minimum absolute atomic E-state index is 0.0446. The van der Waals surface area contributed by atoms with Gasteiger partial charge in [0.05, 0.1) is 7.11 Å². The number of rotatable bonds is 4. The number of methoxy groups -OCH3 is 1. The Kier molecular flexibility index (Phi) is 3.08. The maximum atomic E-state index is 13.0. The molecule has 0 radical (unpaired) electrons. The van der Waals surface area contributed by atoms with Gasteiger partial charge in [0.15, 0.2) is 17.3 Å². The lowest BCUT2D eigenvalue weighted by molar-refractivity contribution is -0.115. The largest absolute Gasteiger partial charge is 0.490 e. The molecular weight excluding hydrogens is 177 g/mol. The van der Waals surface area contributed by atoms with Gasteiger partial charge in [-0.05, 0) is 12.1 Å². The first-order valence-electron chi connectivity index (χ1n) is 3.48. The quantitative estimate of drug-likeness (QED) is 0.559. The number of ether oxygens (including phenoxy) is 1. The molecule has 0 unspecified atom stereocenters. The molecule has 5 heteroatoms. The third kappa shape index (κ3) is 2.08. The Balaban J connectivity index is 2.91. The van der Waals surface area contributed by atoms with E-state index in [0.29, 0.717) is 6.41 Å². The Bertz CT molecular complexity index is 303. The summed E-state index contributed by atoms with van der Waals surface area (Å²) in [5.74, 6) is -0.473. The smallest absolute Gasteiger partial charge is 0.239 e. The van der Waals surface area contributed by atoms with Crippen LogP contribution in [0.4, 0.5) is 4.39 Å². The zero-order valence-corrected chi connectivity index (χ0v) is 6.91. The highest BCUT2D eigenvalue weighted by Gasteiger charge is 2.09. The van der Waals surface area contributed by atoms with E-state index in [9.17, 15) is 9.18 Å². The van der Waals surface area contributed by atoms with Crippen molar-refractivity contribution in [3.05, 3.63) is 24.0 Å². The number of hydroxylamine groups is 1. The van der Waals surface area contributed by atoms with Crippen molar-refractivity contribution in [2.24, 2.45) is 0 Å². The minimum Gasteiger partial charge on any atom is -0.490 e. The second kappa shape index (κ2) is 4.30. The van der Waals surface area contributed by atoms with Gasteiger partial charge in [-0.2, -0.15) is 5.48 Å². The molecule has 0 fully saturated rings. The van der Waals surface area contributed by atoms with E-state index in [-0.39, 0.29) is 11.5 Å². The average Bonchev–Trinajstić information content (AvgIpc) is 2.15. The predicted octanol–water partition coefficient (Wildman–Crippen LogP) is 0.874. The fourth-order valence-corrected chi connectivity index (χ4v) is 0.855. The predicted molar refractivity (Wildman–Crippen MR) is 42.8 cm³/mol. The number of carbonyl (C=O) groups excluding carboxylic acids is 1. The standard InChI is InChI=1S/C8H8FNO3/c1-12-8-6(9)3-2-4-7(8)13-10-5-11/h2-5H,1H3,(H,10,11). The number of hydrogen-bond donors (Lipinski definition) is 1. The molecule has 0 bridgehead atoms. The summed E-state index contributed by atoms with van der Waals surface area (Å²) in [4.78, 5) is 14.6. The molecule has 0 aliphatic heterocycles. The van der Waals surface area contributed by atoms with Crippen molar-refractivity contribution in [3.8, 4) is 11.5 Å². The summed E-state index contributed by atoms with van der Waals surface area (Å²) in [6.45, 7) is 0. The van der Waals surface area contributed by atoms with Crippen molar-refractivity contribution in [1.29, 1.82) is 0 Å². The number of benzene rings is 1. The van der Waals surface area contributed by atoms with Gasteiger partial charge in [0.25, 0.3) is 0 Å². The second-order valence-electron chi connectivity index (χ2n) is 2.11. The molecule has 0 aromatic heterocycles. The van der Waals surface area contributed by atoms with Gasteiger partial charge >= 0.3 is 0 Å². The third-order valence-electron chi connectivity index (χ3n) is 1.35. The van der Waals surface area contributed by atoms with Crippen molar-refractivity contribution in [2.45, 2.75) is 0 Å². The lowest BCUT2D eigenvalue weighted by Gasteiger charge is -2.07. The lowest BCUT2D eigenvalue weighted by Crippen LogP contribution is -2.16. The Hall–Kier alpha value is -1.78. The van der Waals surface area contributed by atoms with E-state index >= 15 is 0 Å². The van der Waals surface area contributed by atoms with Crippen LogP contribution in [-0.4, -0.2) is 13.5 Å². The molecule has 0 aliphatic rings. The molecule has 70 valence electrons. The molecule has 0 saturated heterocycles. The van der Waals surface area contributed by atoms with Crippen LogP contribution in [0.15, 0.2) is 18.2 Å². The van der Waals surface area contributed by atoms with Crippen molar-refractivity contribution >= 4 is 6.41 Å². The van der Waals surface area contributed by atoms with Crippen LogP contribution in [0, 0.1) is 5.82 Å². The Morgan fingerprint density at radius 1 is 1.54 bits per heavy atom. The van der Waals surface area contributed by atoms with Gasteiger partial charge in [-0.3, -0.25) is 4.79 Å². The summed E-state index contributed by atoms with van der Waals surface area (Å²) in [5, 5.41) is 0. The molecule has 1 amide bonds. The van der Waals surface area contributed by atoms with E-state index in [1.165, 1.54) is 25.3 Å². The van der Waals surface area contributed by atoms with E-state index in [1.54, 1.807) is 0 Å². The molecule has 0 saturated carbocycles. The molecule has 4 nitrogen and oxygen atoms in total. The summed E-state index contributed by atoms with van der Waals surface area (Å²) < 4.78 is 17.7. The van der Waals surface area contributed by atoms with Gasteiger partial charge in [-0.25, -0.2) is 4.39 Å². The molecule has 0 atom stereocenters. The molecule has 0 spiro atoms. The summed E-state index contributed by atoms with van der Waals surface area (Å²) in [7, 11) is 1.31. The highest BCUT2D eigenvalue weighted by Crippen LogP contribution is 2.28. The third-order valence-corrected chi connectivity index (χ3v) is 1.35. The van der Waals surface area contributed by atoms with Crippen LogP contribution >= 0.6 is 0 Å². The first-order chi connectivity index (χ1) is 6.29. The number of carbonyl (C=O) groups is 1. The molecule has 1 rings (SSSR count). The van der Waals surface area contributed by atoms with Crippen molar-refractivity contribution in [2.75, 3.05) is 7.11 Å². The Morgan fingerprint density at radius 3 is 2.92 bits per heavy atom. The topological polar surface area (TPSA) is 47.6 Å². The molecule has 0 aliphatic carbocycles.